The zero-order chi connectivity index (χ0) is 14.5. The molecule has 0 aliphatic rings. The van der Waals surface area contributed by atoms with Gasteiger partial charge in [0.1, 0.15) is 5.75 Å². The molecule has 0 bridgehead atoms. The molecule has 2 aromatic carbocycles. The molecule has 0 heterocycles. The Kier molecular flexibility index (Phi) is 5.05. The zero-order valence-corrected chi connectivity index (χ0v) is 12.9. The van der Waals surface area contributed by atoms with Crippen molar-refractivity contribution in [2.75, 3.05) is 7.11 Å². The topological polar surface area (TPSA) is 21.3 Å². The molecule has 1 atom stereocenters. The van der Waals surface area contributed by atoms with Gasteiger partial charge in [0, 0.05) is 23.2 Å². The van der Waals surface area contributed by atoms with E-state index in [4.69, 9.17) is 16.3 Å². The SMILES string of the molecule is COc1ccccc1C(C)NCc1ccc(C)c(Cl)c1. The van der Waals surface area contributed by atoms with Crippen LogP contribution in [0.2, 0.25) is 5.02 Å². The molecule has 3 heteroatoms. The minimum atomic E-state index is 0.214. The molecule has 0 aliphatic carbocycles. The average molecular weight is 290 g/mol. The van der Waals surface area contributed by atoms with Crippen LogP contribution in [0.4, 0.5) is 0 Å². The molecule has 0 saturated heterocycles. The van der Waals surface area contributed by atoms with Crippen LogP contribution in [0.25, 0.3) is 0 Å². The molecule has 106 valence electrons. The first-order valence-corrected chi connectivity index (χ1v) is 7.11. The van der Waals surface area contributed by atoms with Gasteiger partial charge in [-0.05, 0) is 37.1 Å². The maximum absolute atomic E-state index is 6.15. The fraction of sp³-hybridized carbons (Fsp3) is 0.294. The molecule has 0 aliphatic heterocycles. The summed E-state index contributed by atoms with van der Waals surface area (Å²) in [6, 6.07) is 14.4. The van der Waals surface area contributed by atoms with Crippen molar-refractivity contribution in [2.45, 2.75) is 26.4 Å². The van der Waals surface area contributed by atoms with Crippen molar-refractivity contribution in [3.8, 4) is 5.75 Å². The molecule has 2 rings (SSSR count). The minimum Gasteiger partial charge on any atom is -0.496 e. The Balaban J connectivity index is 2.04. The quantitative estimate of drug-likeness (QED) is 0.874. The van der Waals surface area contributed by atoms with Crippen LogP contribution in [0.3, 0.4) is 0 Å². The number of ether oxygens (including phenoxy) is 1. The lowest BCUT2D eigenvalue weighted by Crippen LogP contribution is -2.18. The van der Waals surface area contributed by atoms with E-state index in [2.05, 4.69) is 24.4 Å². The molecule has 0 aromatic heterocycles. The van der Waals surface area contributed by atoms with Crippen LogP contribution in [-0.2, 0) is 6.54 Å². The first-order valence-electron chi connectivity index (χ1n) is 6.73. The monoisotopic (exact) mass is 289 g/mol. The first kappa shape index (κ1) is 14.9. The van der Waals surface area contributed by atoms with Crippen LogP contribution in [-0.4, -0.2) is 7.11 Å². The number of nitrogens with one attached hydrogen (secondary N) is 1. The Morgan fingerprint density at radius 2 is 1.95 bits per heavy atom. The maximum Gasteiger partial charge on any atom is 0.123 e. The van der Waals surface area contributed by atoms with E-state index in [1.807, 2.05) is 37.3 Å². The van der Waals surface area contributed by atoms with E-state index >= 15 is 0 Å². The third-order valence-electron chi connectivity index (χ3n) is 3.45. The normalized spacial score (nSPS) is 12.2. The molecular weight excluding hydrogens is 270 g/mol. The lowest BCUT2D eigenvalue weighted by Gasteiger charge is -2.17. The predicted molar refractivity (Wildman–Crippen MR) is 84.4 cm³/mol. The van der Waals surface area contributed by atoms with Gasteiger partial charge >= 0.3 is 0 Å². The number of halogens is 1. The Morgan fingerprint density at radius 1 is 1.20 bits per heavy atom. The number of hydrogen-bond donors (Lipinski definition) is 1. The Bertz CT molecular complexity index is 583. The molecule has 2 nitrogen and oxygen atoms in total. The van der Waals surface area contributed by atoms with Gasteiger partial charge in [0.15, 0.2) is 0 Å². The highest BCUT2D eigenvalue weighted by atomic mass is 35.5. The second-order valence-electron chi connectivity index (χ2n) is 4.93. The largest absolute Gasteiger partial charge is 0.496 e. The minimum absolute atomic E-state index is 0.214. The fourth-order valence-electron chi connectivity index (χ4n) is 2.15. The number of rotatable bonds is 5. The number of aryl methyl sites for hydroxylation is 1. The average Bonchev–Trinajstić information content (AvgIpc) is 2.48. The highest BCUT2D eigenvalue weighted by Gasteiger charge is 2.10. The molecular formula is C17H20ClNO. The van der Waals surface area contributed by atoms with E-state index in [-0.39, 0.29) is 6.04 Å². The van der Waals surface area contributed by atoms with Gasteiger partial charge in [-0.15, -0.1) is 0 Å². The van der Waals surface area contributed by atoms with Gasteiger partial charge in [-0.2, -0.15) is 0 Å². The smallest absolute Gasteiger partial charge is 0.123 e. The van der Waals surface area contributed by atoms with E-state index in [0.717, 1.165) is 28.4 Å². The highest BCUT2D eigenvalue weighted by Crippen LogP contribution is 2.25. The Hall–Kier alpha value is -1.51. The molecule has 0 spiro atoms. The summed E-state index contributed by atoms with van der Waals surface area (Å²) in [6.07, 6.45) is 0. The summed E-state index contributed by atoms with van der Waals surface area (Å²) in [6.45, 7) is 4.92. The third kappa shape index (κ3) is 3.53. The number of benzene rings is 2. The number of methoxy groups -OCH3 is 1. The van der Waals surface area contributed by atoms with Gasteiger partial charge in [0.2, 0.25) is 0 Å². The highest BCUT2D eigenvalue weighted by molar-refractivity contribution is 6.31. The van der Waals surface area contributed by atoms with Crippen molar-refractivity contribution in [1.29, 1.82) is 0 Å². The van der Waals surface area contributed by atoms with E-state index in [1.165, 1.54) is 5.56 Å². The van der Waals surface area contributed by atoms with Crippen LogP contribution in [0.15, 0.2) is 42.5 Å². The van der Waals surface area contributed by atoms with Crippen molar-refractivity contribution in [3.63, 3.8) is 0 Å². The van der Waals surface area contributed by atoms with Gasteiger partial charge in [-0.1, -0.05) is 41.9 Å². The standard InChI is InChI=1S/C17H20ClNO/c1-12-8-9-14(10-16(12)18)11-19-13(2)15-6-4-5-7-17(15)20-3/h4-10,13,19H,11H2,1-3H3. The second-order valence-corrected chi connectivity index (χ2v) is 5.34. The Morgan fingerprint density at radius 3 is 2.65 bits per heavy atom. The van der Waals surface area contributed by atoms with Gasteiger partial charge in [-0.3, -0.25) is 0 Å². The zero-order valence-electron chi connectivity index (χ0n) is 12.1. The summed E-state index contributed by atoms with van der Waals surface area (Å²) in [4.78, 5) is 0. The number of para-hydroxylation sites is 1. The van der Waals surface area contributed by atoms with Crippen molar-refractivity contribution in [2.24, 2.45) is 0 Å². The van der Waals surface area contributed by atoms with Crippen LogP contribution in [0, 0.1) is 6.92 Å². The maximum atomic E-state index is 6.15. The van der Waals surface area contributed by atoms with E-state index < -0.39 is 0 Å². The summed E-state index contributed by atoms with van der Waals surface area (Å²) in [7, 11) is 1.70. The Labute approximate surface area is 125 Å². The van der Waals surface area contributed by atoms with Crippen molar-refractivity contribution >= 4 is 11.6 Å². The molecule has 1 unspecified atom stereocenters. The lowest BCUT2D eigenvalue weighted by molar-refractivity contribution is 0.401. The third-order valence-corrected chi connectivity index (χ3v) is 3.86. The van der Waals surface area contributed by atoms with Crippen LogP contribution < -0.4 is 10.1 Å². The molecule has 1 N–H and O–H groups in total. The van der Waals surface area contributed by atoms with Crippen LogP contribution >= 0.6 is 11.6 Å². The second kappa shape index (κ2) is 6.78. The summed E-state index contributed by atoms with van der Waals surface area (Å²) in [5.41, 5.74) is 3.45. The number of hydrogen-bond acceptors (Lipinski definition) is 2. The summed E-state index contributed by atoms with van der Waals surface area (Å²) in [5.74, 6) is 0.912. The van der Waals surface area contributed by atoms with Crippen molar-refractivity contribution < 1.29 is 4.74 Å². The fourth-order valence-corrected chi connectivity index (χ4v) is 2.35. The first-order chi connectivity index (χ1) is 9.61. The lowest BCUT2D eigenvalue weighted by atomic mass is 10.1. The van der Waals surface area contributed by atoms with E-state index in [0.29, 0.717) is 0 Å². The van der Waals surface area contributed by atoms with Crippen molar-refractivity contribution in [3.05, 3.63) is 64.2 Å². The van der Waals surface area contributed by atoms with Gasteiger partial charge in [0.05, 0.1) is 7.11 Å². The van der Waals surface area contributed by atoms with Crippen LogP contribution in [0.1, 0.15) is 29.7 Å². The van der Waals surface area contributed by atoms with E-state index in [1.54, 1.807) is 7.11 Å². The molecule has 0 amide bonds. The molecule has 0 fully saturated rings. The predicted octanol–water partition coefficient (Wildman–Crippen LogP) is 4.51. The van der Waals surface area contributed by atoms with Gasteiger partial charge < -0.3 is 10.1 Å². The molecule has 0 radical (unpaired) electrons. The van der Waals surface area contributed by atoms with Gasteiger partial charge in [0.25, 0.3) is 0 Å². The summed E-state index contributed by atoms with van der Waals surface area (Å²) >= 11 is 6.15. The van der Waals surface area contributed by atoms with Crippen LogP contribution in [0.5, 0.6) is 5.75 Å². The van der Waals surface area contributed by atoms with Crippen molar-refractivity contribution in [1.82, 2.24) is 5.32 Å². The summed E-state index contributed by atoms with van der Waals surface area (Å²) < 4.78 is 5.39. The molecule has 0 saturated carbocycles. The van der Waals surface area contributed by atoms with Gasteiger partial charge in [-0.25, -0.2) is 0 Å². The van der Waals surface area contributed by atoms with E-state index in [9.17, 15) is 0 Å². The summed E-state index contributed by atoms with van der Waals surface area (Å²) in [5, 5.41) is 4.31. The molecule has 20 heavy (non-hydrogen) atoms. The molecule has 2 aromatic rings.